The van der Waals surface area contributed by atoms with Gasteiger partial charge in [-0.15, -0.1) is 0 Å². The van der Waals surface area contributed by atoms with Gasteiger partial charge in [-0.3, -0.25) is 9.69 Å². The summed E-state index contributed by atoms with van der Waals surface area (Å²) in [5, 5.41) is 0. The first-order chi connectivity index (χ1) is 9.23. The monoisotopic (exact) mass is 264 g/mol. The van der Waals surface area contributed by atoms with Crippen molar-refractivity contribution in [2.45, 2.75) is 63.8 Å². The Kier molecular flexibility index (Phi) is 3.84. The molecule has 1 aliphatic carbocycles. The molecule has 19 heavy (non-hydrogen) atoms. The van der Waals surface area contributed by atoms with E-state index in [2.05, 4.69) is 16.7 Å². The molecule has 2 heterocycles. The van der Waals surface area contributed by atoms with Gasteiger partial charge in [0.1, 0.15) is 0 Å². The Hall–Kier alpha value is -0.570. The predicted molar refractivity (Wildman–Crippen MR) is 77.0 cm³/mol. The lowest BCUT2D eigenvalue weighted by Crippen LogP contribution is -2.53. The number of carbonyl (C=O) groups is 1. The van der Waals surface area contributed by atoms with Gasteiger partial charge < -0.3 is 4.90 Å². The van der Waals surface area contributed by atoms with Gasteiger partial charge in [-0.2, -0.15) is 0 Å². The van der Waals surface area contributed by atoms with E-state index in [1.54, 1.807) is 0 Å². The van der Waals surface area contributed by atoms with Gasteiger partial charge in [0.2, 0.25) is 5.91 Å². The number of rotatable bonds is 4. The number of likely N-dealkylation sites (tertiary alicyclic amines) is 2. The van der Waals surface area contributed by atoms with Gasteiger partial charge in [-0.05, 0) is 57.4 Å². The Balaban J connectivity index is 1.56. The van der Waals surface area contributed by atoms with Crippen LogP contribution in [-0.4, -0.2) is 47.4 Å². The average Bonchev–Trinajstić information content (AvgIpc) is 3.15. The van der Waals surface area contributed by atoms with Crippen molar-refractivity contribution in [3.63, 3.8) is 0 Å². The fourth-order valence-electron chi connectivity index (χ4n) is 4.00. The summed E-state index contributed by atoms with van der Waals surface area (Å²) in [6.45, 7) is 6.74. The number of carbonyl (C=O) groups excluding carboxylic acids is 1. The summed E-state index contributed by atoms with van der Waals surface area (Å²) in [5.74, 6) is 1.37. The highest BCUT2D eigenvalue weighted by atomic mass is 16.2. The molecule has 0 aromatic carbocycles. The molecule has 3 aliphatic rings. The summed E-state index contributed by atoms with van der Waals surface area (Å²) in [7, 11) is 0. The average molecular weight is 264 g/mol. The molecule has 3 rings (SSSR count). The second kappa shape index (κ2) is 5.43. The van der Waals surface area contributed by atoms with E-state index in [0.717, 1.165) is 31.8 Å². The normalized spacial score (nSPS) is 27.1. The van der Waals surface area contributed by atoms with E-state index in [-0.39, 0.29) is 0 Å². The van der Waals surface area contributed by atoms with Crippen LogP contribution in [0.1, 0.15) is 58.3 Å². The molecule has 1 saturated carbocycles. The molecule has 108 valence electrons. The molecule has 0 aromatic rings. The van der Waals surface area contributed by atoms with Crippen LogP contribution in [0, 0.1) is 5.92 Å². The highest BCUT2D eigenvalue weighted by molar-refractivity contribution is 5.76. The number of nitrogens with zero attached hydrogens (tertiary/aromatic N) is 2. The first-order valence-corrected chi connectivity index (χ1v) is 8.26. The maximum atomic E-state index is 12.0. The molecular weight excluding hydrogens is 236 g/mol. The smallest absolute Gasteiger partial charge is 0.222 e. The fraction of sp³-hybridized carbons (Fsp3) is 0.938. The summed E-state index contributed by atoms with van der Waals surface area (Å²) in [5.41, 5.74) is 0.464. The SMILES string of the molecule is CCCC(=O)N1CCC2(CCCN2CC2CC2)CC1. The van der Waals surface area contributed by atoms with Crippen LogP contribution < -0.4 is 0 Å². The minimum atomic E-state index is 0.379. The van der Waals surface area contributed by atoms with Gasteiger partial charge in [-0.25, -0.2) is 0 Å². The van der Waals surface area contributed by atoms with Gasteiger partial charge >= 0.3 is 0 Å². The van der Waals surface area contributed by atoms with E-state index in [0.29, 0.717) is 11.4 Å². The topological polar surface area (TPSA) is 23.6 Å². The Bertz CT molecular complexity index is 330. The summed E-state index contributed by atoms with van der Waals surface area (Å²) < 4.78 is 0. The van der Waals surface area contributed by atoms with E-state index in [9.17, 15) is 4.79 Å². The van der Waals surface area contributed by atoms with Crippen LogP contribution in [0.2, 0.25) is 0 Å². The van der Waals surface area contributed by atoms with Crippen molar-refractivity contribution in [2.75, 3.05) is 26.2 Å². The summed E-state index contributed by atoms with van der Waals surface area (Å²) in [4.78, 5) is 16.9. The molecule has 1 amide bonds. The summed E-state index contributed by atoms with van der Waals surface area (Å²) in [6, 6.07) is 0. The summed E-state index contributed by atoms with van der Waals surface area (Å²) in [6.07, 6.45) is 9.80. The second-order valence-corrected chi connectivity index (χ2v) is 6.85. The van der Waals surface area contributed by atoms with Crippen molar-refractivity contribution in [1.29, 1.82) is 0 Å². The number of hydrogen-bond acceptors (Lipinski definition) is 2. The zero-order valence-electron chi connectivity index (χ0n) is 12.4. The maximum Gasteiger partial charge on any atom is 0.222 e. The lowest BCUT2D eigenvalue weighted by molar-refractivity contribution is -0.133. The highest BCUT2D eigenvalue weighted by Gasteiger charge is 2.44. The van der Waals surface area contributed by atoms with Crippen LogP contribution >= 0.6 is 0 Å². The lowest BCUT2D eigenvalue weighted by atomic mass is 9.84. The van der Waals surface area contributed by atoms with E-state index in [4.69, 9.17) is 0 Å². The van der Waals surface area contributed by atoms with Crippen LogP contribution in [0.15, 0.2) is 0 Å². The third-order valence-electron chi connectivity index (χ3n) is 5.43. The molecule has 3 nitrogen and oxygen atoms in total. The minimum absolute atomic E-state index is 0.379. The van der Waals surface area contributed by atoms with Crippen LogP contribution in [0.25, 0.3) is 0 Å². The fourth-order valence-corrected chi connectivity index (χ4v) is 4.00. The van der Waals surface area contributed by atoms with Crippen molar-refractivity contribution < 1.29 is 4.79 Å². The molecule has 1 spiro atoms. The summed E-state index contributed by atoms with van der Waals surface area (Å²) >= 11 is 0. The standard InChI is InChI=1S/C16H28N2O/c1-2-4-15(19)17-11-8-16(9-12-17)7-3-10-18(16)13-14-5-6-14/h14H,2-13H2,1H3. The molecule has 0 radical (unpaired) electrons. The minimum Gasteiger partial charge on any atom is -0.343 e. The number of piperidine rings is 1. The van der Waals surface area contributed by atoms with Crippen molar-refractivity contribution in [3.8, 4) is 0 Å². The number of hydrogen-bond donors (Lipinski definition) is 0. The van der Waals surface area contributed by atoms with Crippen LogP contribution in [0.4, 0.5) is 0 Å². The van der Waals surface area contributed by atoms with Crippen LogP contribution in [0.3, 0.4) is 0 Å². The third kappa shape index (κ3) is 2.81. The van der Waals surface area contributed by atoms with Gasteiger partial charge in [-0.1, -0.05) is 6.92 Å². The van der Waals surface area contributed by atoms with Gasteiger partial charge in [0.15, 0.2) is 0 Å². The van der Waals surface area contributed by atoms with Crippen molar-refractivity contribution in [3.05, 3.63) is 0 Å². The van der Waals surface area contributed by atoms with E-state index >= 15 is 0 Å². The van der Waals surface area contributed by atoms with E-state index < -0.39 is 0 Å². The van der Waals surface area contributed by atoms with Gasteiger partial charge in [0, 0.05) is 31.6 Å². The molecule has 3 heteroatoms. The predicted octanol–water partition coefficient (Wildman–Crippen LogP) is 2.65. The molecule has 0 aromatic heterocycles. The Morgan fingerprint density at radius 3 is 2.53 bits per heavy atom. The Labute approximate surface area is 117 Å². The third-order valence-corrected chi connectivity index (χ3v) is 5.43. The molecule has 3 fully saturated rings. The van der Waals surface area contributed by atoms with Crippen molar-refractivity contribution in [1.82, 2.24) is 9.80 Å². The van der Waals surface area contributed by atoms with Gasteiger partial charge in [0.25, 0.3) is 0 Å². The molecule has 0 unspecified atom stereocenters. The zero-order valence-corrected chi connectivity index (χ0v) is 12.4. The molecule has 0 bridgehead atoms. The second-order valence-electron chi connectivity index (χ2n) is 6.85. The Morgan fingerprint density at radius 2 is 1.89 bits per heavy atom. The molecular formula is C16H28N2O. The maximum absolute atomic E-state index is 12.0. The lowest BCUT2D eigenvalue weighted by Gasteiger charge is -2.45. The zero-order chi connectivity index (χ0) is 13.3. The molecule has 0 N–H and O–H groups in total. The van der Waals surface area contributed by atoms with Gasteiger partial charge in [0.05, 0.1) is 0 Å². The van der Waals surface area contributed by atoms with Crippen LogP contribution in [-0.2, 0) is 4.79 Å². The first-order valence-electron chi connectivity index (χ1n) is 8.26. The molecule has 0 atom stereocenters. The first kappa shape index (κ1) is 13.4. The van der Waals surface area contributed by atoms with E-state index in [1.807, 2.05) is 0 Å². The van der Waals surface area contributed by atoms with Crippen LogP contribution in [0.5, 0.6) is 0 Å². The quantitative estimate of drug-likeness (QED) is 0.779. The molecule has 2 saturated heterocycles. The largest absolute Gasteiger partial charge is 0.343 e. The highest BCUT2D eigenvalue weighted by Crippen LogP contribution is 2.41. The van der Waals surface area contributed by atoms with Crippen molar-refractivity contribution >= 4 is 5.91 Å². The van der Waals surface area contributed by atoms with E-state index in [1.165, 1.54) is 51.6 Å². The van der Waals surface area contributed by atoms with Crippen molar-refractivity contribution in [2.24, 2.45) is 5.92 Å². The Morgan fingerprint density at radius 1 is 1.16 bits per heavy atom. The molecule has 2 aliphatic heterocycles. The number of amides is 1.